The molecule has 0 fully saturated rings. The van der Waals surface area contributed by atoms with Gasteiger partial charge in [-0.2, -0.15) is 5.10 Å². The number of benzene rings is 1. The van der Waals surface area contributed by atoms with Crippen LogP contribution in [0.5, 0.6) is 0 Å². The summed E-state index contributed by atoms with van der Waals surface area (Å²) in [5.41, 5.74) is 2.49. The number of anilines is 2. The lowest BCUT2D eigenvalue weighted by molar-refractivity contribution is 0.210. The van der Waals surface area contributed by atoms with Gasteiger partial charge in [0.05, 0.1) is 5.39 Å². The molecule has 0 aliphatic carbocycles. The first-order valence-corrected chi connectivity index (χ1v) is 8.87. The second kappa shape index (κ2) is 6.47. The zero-order chi connectivity index (χ0) is 18.3. The topological polar surface area (TPSA) is 86.7 Å². The molecule has 0 spiro atoms. The Morgan fingerprint density at radius 2 is 1.96 bits per heavy atom. The van der Waals surface area contributed by atoms with Gasteiger partial charge in [-0.3, -0.25) is 5.10 Å². The summed E-state index contributed by atoms with van der Waals surface area (Å²) in [5, 5.41) is 23.8. The van der Waals surface area contributed by atoms with Gasteiger partial charge in [0.1, 0.15) is 22.6 Å². The molecule has 4 aromatic rings. The number of hydrogen-bond acceptors (Lipinski definition) is 6. The SMILES string of the molecule is Cc1cc(Nc2nc([C@H](O)c3ccc(F)cc3)nc3scc(C)c23)n[nH]1. The smallest absolute Gasteiger partial charge is 0.165 e. The Morgan fingerprint density at radius 3 is 2.65 bits per heavy atom. The van der Waals surface area contributed by atoms with Gasteiger partial charge in [-0.25, -0.2) is 14.4 Å². The van der Waals surface area contributed by atoms with Crippen molar-refractivity contribution in [1.29, 1.82) is 0 Å². The monoisotopic (exact) mass is 369 g/mol. The summed E-state index contributed by atoms with van der Waals surface area (Å²) in [7, 11) is 0. The third-order valence-corrected chi connectivity index (χ3v) is 5.01. The van der Waals surface area contributed by atoms with E-state index in [2.05, 4.69) is 25.5 Å². The number of halogens is 1. The molecular weight excluding hydrogens is 353 g/mol. The van der Waals surface area contributed by atoms with Gasteiger partial charge in [-0.05, 0) is 42.5 Å². The molecule has 0 aliphatic heterocycles. The number of nitrogens with one attached hydrogen (secondary N) is 2. The number of aromatic nitrogens is 4. The number of rotatable bonds is 4. The van der Waals surface area contributed by atoms with Crippen LogP contribution in [-0.2, 0) is 0 Å². The van der Waals surface area contributed by atoms with Crippen LogP contribution in [0, 0.1) is 19.7 Å². The average Bonchev–Trinajstić information content (AvgIpc) is 3.21. The van der Waals surface area contributed by atoms with Crippen LogP contribution in [0.15, 0.2) is 35.7 Å². The molecule has 0 saturated carbocycles. The third-order valence-electron chi connectivity index (χ3n) is 4.02. The van der Waals surface area contributed by atoms with E-state index in [1.165, 1.54) is 35.6 Å². The first-order chi connectivity index (χ1) is 12.5. The lowest BCUT2D eigenvalue weighted by Crippen LogP contribution is -2.08. The van der Waals surface area contributed by atoms with Gasteiger partial charge in [0.2, 0.25) is 0 Å². The predicted molar refractivity (Wildman–Crippen MR) is 99.2 cm³/mol. The summed E-state index contributed by atoms with van der Waals surface area (Å²) in [6.07, 6.45) is -1.05. The van der Waals surface area contributed by atoms with E-state index < -0.39 is 6.10 Å². The highest BCUT2D eigenvalue weighted by molar-refractivity contribution is 7.17. The molecule has 3 aromatic heterocycles. The number of aryl methyl sites for hydroxylation is 2. The van der Waals surface area contributed by atoms with E-state index in [1.807, 2.05) is 25.3 Å². The van der Waals surface area contributed by atoms with E-state index in [9.17, 15) is 9.50 Å². The van der Waals surface area contributed by atoms with Crippen molar-refractivity contribution < 1.29 is 9.50 Å². The molecule has 0 aliphatic rings. The summed E-state index contributed by atoms with van der Waals surface area (Å²) < 4.78 is 13.1. The minimum absolute atomic E-state index is 0.251. The molecule has 1 atom stereocenters. The van der Waals surface area contributed by atoms with Crippen LogP contribution in [-0.4, -0.2) is 25.3 Å². The molecule has 3 N–H and O–H groups in total. The van der Waals surface area contributed by atoms with E-state index in [1.54, 1.807) is 0 Å². The first kappa shape index (κ1) is 16.6. The van der Waals surface area contributed by atoms with Gasteiger partial charge < -0.3 is 10.4 Å². The number of nitrogens with zero attached hydrogens (tertiary/aromatic N) is 3. The fourth-order valence-electron chi connectivity index (χ4n) is 2.71. The predicted octanol–water partition coefficient (Wildman–Crippen LogP) is 4.00. The molecular formula is C18H16FN5OS. The molecule has 3 heterocycles. The Balaban J connectivity index is 1.79. The van der Waals surface area contributed by atoms with Crippen LogP contribution in [0.3, 0.4) is 0 Å². The van der Waals surface area contributed by atoms with Crippen LogP contribution in [0.2, 0.25) is 0 Å². The highest BCUT2D eigenvalue weighted by atomic mass is 32.1. The normalized spacial score (nSPS) is 12.5. The average molecular weight is 369 g/mol. The molecule has 132 valence electrons. The third kappa shape index (κ3) is 3.04. The van der Waals surface area contributed by atoms with Crippen LogP contribution in [0.25, 0.3) is 10.2 Å². The molecule has 26 heavy (non-hydrogen) atoms. The Morgan fingerprint density at radius 1 is 1.19 bits per heavy atom. The standard InChI is InChI=1S/C18H16FN5OS/c1-9-8-26-18-14(9)16(20-13-7-10(2)23-24-13)21-17(22-18)15(25)11-3-5-12(19)6-4-11/h3-8,15,25H,1-2H3,(H2,20,21,22,23,24)/t15-/m1/s1. The fraction of sp³-hybridized carbons (Fsp3) is 0.167. The summed E-state index contributed by atoms with van der Waals surface area (Å²) in [4.78, 5) is 9.79. The number of aliphatic hydroxyl groups excluding tert-OH is 1. The molecule has 8 heteroatoms. The minimum Gasteiger partial charge on any atom is -0.380 e. The molecule has 6 nitrogen and oxygen atoms in total. The summed E-state index contributed by atoms with van der Waals surface area (Å²) in [6.45, 7) is 3.90. The Labute approximate surface area is 152 Å². The Bertz CT molecular complexity index is 1070. The summed E-state index contributed by atoms with van der Waals surface area (Å²) in [6, 6.07) is 7.52. The summed E-state index contributed by atoms with van der Waals surface area (Å²) in [5.74, 6) is 1.11. The first-order valence-electron chi connectivity index (χ1n) is 7.99. The van der Waals surface area contributed by atoms with Crippen molar-refractivity contribution in [3.63, 3.8) is 0 Å². The second-order valence-electron chi connectivity index (χ2n) is 6.04. The van der Waals surface area contributed by atoms with E-state index in [4.69, 9.17) is 0 Å². The number of hydrogen-bond donors (Lipinski definition) is 3. The maximum atomic E-state index is 13.1. The molecule has 0 bridgehead atoms. The van der Waals surface area contributed by atoms with E-state index in [0.717, 1.165) is 21.5 Å². The van der Waals surface area contributed by atoms with E-state index in [-0.39, 0.29) is 11.6 Å². The largest absolute Gasteiger partial charge is 0.380 e. The molecule has 0 radical (unpaired) electrons. The molecule has 4 rings (SSSR count). The van der Waals surface area contributed by atoms with Crippen molar-refractivity contribution in [2.75, 3.05) is 5.32 Å². The molecule has 0 saturated heterocycles. The second-order valence-corrected chi connectivity index (χ2v) is 6.90. The van der Waals surface area contributed by atoms with Crippen LogP contribution < -0.4 is 5.32 Å². The van der Waals surface area contributed by atoms with Crippen LogP contribution >= 0.6 is 11.3 Å². The fourth-order valence-corrected chi connectivity index (χ4v) is 3.64. The van der Waals surface area contributed by atoms with Gasteiger partial charge in [0.15, 0.2) is 11.6 Å². The van der Waals surface area contributed by atoms with Gasteiger partial charge in [-0.1, -0.05) is 12.1 Å². The molecule has 1 aromatic carbocycles. The highest BCUT2D eigenvalue weighted by Gasteiger charge is 2.19. The Hall–Kier alpha value is -2.84. The zero-order valence-electron chi connectivity index (χ0n) is 14.1. The lowest BCUT2D eigenvalue weighted by atomic mass is 10.1. The maximum Gasteiger partial charge on any atom is 0.165 e. The van der Waals surface area contributed by atoms with Gasteiger partial charge in [0, 0.05) is 11.8 Å². The van der Waals surface area contributed by atoms with E-state index >= 15 is 0 Å². The zero-order valence-corrected chi connectivity index (χ0v) is 14.9. The van der Waals surface area contributed by atoms with Gasteiger partial charge in [0.25, 0.3) is 0 Å². The summed E-state index contributed by atoms with van der Waals surface area (Å²) >= 11 is 1.48. The number of fused-ring (bicyclic) bond motifs is 1. The number of thiophene rings is 1. The van der Waals surface area contributed by atoms with Crippen molar-refractivity contribution in [2.24, 2.45) is 0 Å². The lowest BCUT2D eigenvalue weighted by Gasteiger charge is -2.12. The number of H-pyrrole nitrogens is 1. The van der Waals surface area contributed by atoms with Crippen molar-refractivity contribution in [2.45, 2.75) is 20.0 Å². The Kier molecular flexibility index (Phi) is 4.14. The van der Waals surface area contributed by atoms with Gasteiger partial charge >= 0.3 is 0 Å². The maximum absolute atomic E-state index is 13.1. The van der Waals surface area contributed by atoms with Crippen LogP contribution in [0.4, 0.5) is 16.0 Å². The molecule has 0 amide bonds. The van der Waals surface area contributed by atoms with Crippen LogP contribution in [0.1, 0.15) is 28.7 Å². The van der Waals surface area contributed by atoms with E-state index in [0.29, 0.717) is 17.2 Å². The molecule has 0 unspecified atom stereocenters. The quantitative estimate of drug-likeness (QED) is 0.506. The number of aromatic amines is 1. The van der Waals surface area contributed by atoms with Crippen molar-refractivity contribution in [3.05, 3.63) is 64.2 Å². The highest BCUT2D eigenvalue weighted by Crippen LogP contribution is 2.33. The van der Waals surface area contributed by atoms with Gasteiger partial charge in [-0.15, -0.1) is 11.3 Å². The number of aliphatic hydroxyl groups is 1. The van der Waals surface area contributed by atoms with Crippen molar-refractivity contribution >= 4 is 33.2 Å². The minimum atomic E-state index is -1.05. The van der Waals surface area contributed by atoms with Crippen molar-refractivity contribution in [3.8, 4) is 0 Å². The van der Waals surface area contributed by atoms with Crippen molar-refractivity contribution in [1.82, 2.24) is 20.2 Å².